The Kier molecular flexibility index (Phi) is 6.76. The van der Waals surface area contributed by atoms with Gasteiger partial charge in [-0.05, 0) is 81.9 Å². The van der Waals surface area contributed by atoms with Crippen molar-refractivity contribution in [2.24, 2.45) is 0 Å². The van der Waals surface area contributed by atoms with Crippen molar-refractivity contribution in [2.45, 2.75) is 0 Å². The van der Waals surface area contributed by atoms with Crippen molar-refractivity contribution in [1.82, 2.24) is 4.57 Å². The van der Waals surface area contributed by atoms with Crippen molar-refractivity contribution < 1.29 is 0 Å². The van der Waals surface area contributed by atoms with Gasteiger partial charge in [-0.1, -0.05) is 140 Å². The first-order valence-electron chi connectivity index (χ1n) is 18.1. The molecule has 0 aliphatic rings. The molecule has 0 unspecified atom stereocenters. The number of aromatic nitrogens is 1. The Labute approximate surface area is 311 Å². The Morgan fingerprint density at radius 3 is 1.74 bits per heavy atom. The fraction of sp³-hybridized carbons (Fsp3) is 0. The van der Waals surface area contributed by atoms with Crippen molar-refractivity contribution in [3.8, 4) is 16.8 Å². The first-order chi connectivity index (χ1) is 26.3. The molecule has 0 N–H and O–H groups in total. The van der Waals surface area contributed by atoms with E-state index >= 15 is 0 Å². The Morgan fingerprint density at radius 2 is 0.962 bits per heavy atom. The molecule has 0 saturated carbocycles. The Balaban J connectivity index is 1.12. The third-order valence-corrected chi connectivity index (χ3v) is 12.0. The van der Waals surface area contributed by atoms with Crippen LogP contribution in [0.4, 0.5) is 17.1 Å². The smallest absolute Gasteiger partial charge is 0.0640 e. The molecule has 0 aliphatic carbocycles. The lowest BCUT2D eigenvalue weighted by atomic mass is 9.96. The Bertz CT molecular complexity index is 3130. The molecular weight excluding hydrogens is 661 g/mol. The van der Waals surface area contributed by atoms with Gasteiger partial charge in [0.25, 0.3) is 0 Å². The molecule has 3 heteroatoms. The summed E-state index contributed by atoms with van der Waals surface area (Å²) in [6, 6.07) is 71.0. The molecule has 0 spiro atoms. The summed E-state index contributed by atoms with van der Waals surface area (Å²) in [4.78, 5) is 2.45. The Hall–Kier alpha value is -6.68. The Morgan fingerprint density at radius 1 is 0.396 bits per heavy atom. The first-order valence-corrected chi connectivity index (χ1v) is 18.9. The molecule has 11 aromatic rings. The van der Waals surface area contributed by atoms with Gasteiger partial charge in [-0.15, -0.1) is 11.3 Å². The monoisotopic (exact) mass is 692 g/mol. The van der Waals surface area contributed by atoms with Gasteiger partial charge < -0.3 is 9.47 Å². The molecule has 0 radical (unpaired) electrons. The van der Waals surface area contributed by atoms with E-state index in [1.807, 2.05) is 11.3 Å². The van der Waals surface area contributed by atoms with Crippen molar-refractivity contribution in [1.29, 1.82) is 0 Å². The molecule has 2 aromatic heterocycles. The van der Waals surface area contributed by atoms with E-state index in [1.54, 1.807) is 0 Å². The van der Waals surface area contributed by atoms with E-state index in [0.717, 1.165) is 11.4 Å². The maximum atomic E-state index is 2.45. The zero-order valence-corrected chi connectivity index (χ0v) is 29.6. The second-order valence-electron chi connectivity index (χ2n) is 13.7. The first kappa shape index (κ1) is 30.0. The predicted molar refractivity (Wildman–Crippen MR) is 229 cm³/mol. The SMILES string of the molecule is c1ccc2c(-c3ccc(N(c4cccc5ccccc45)c4cccc5c4sc4ccccc45)cc3)cc(-n3c4ccccc4c4ccccc43)cc2c1. The van der Waals surface area contributed by atoms with Crippen LogP contribution in [0, 0.1) is 0 Å². The van der Waals surface area contributed by atoms with Crippen LogP contribution in [0.1, 0.15) is 0 Å². The fourth-order valence-corrected chi connectivity index (χ4v) is 9.58. The van der Waals surface area contributed by atoms with E-state index in [9.17, 15) is 0 Å². The minimum atomic E-state index is 1.12. The van der Waals surface area contributed by atoms with Gasteiger partial charge in [0.2, 0.25) is 0 Å². The second kappa shape index (κ2) is 11.9. The molecule has 248 valence electrons. The van der Waals surface area contributed by atoms with Crippen LogP contribution in [0.15, 0.2) is 194 Å². The molecule has 0 bridgehead atoms. The van der Waals surface area contributed by atoms with Gasteiger partial charge in [-0.3, -0.25) is 0 Å². The highest BCUT2D eigenvalue weighted by atomic mass is 32.1. The summed E-state index contributed by atoms with van der Waals surface area (Å²) < 4.78 is 5.01. The van der Waals surface area contributed by atoms with Crippen molar-refractivity contribution in [2.75, 3.05) is 4.90 Å². The second-order valence-corrected chi connectivity index (χ2v) is 14.8. The molecular formula is C50H32N2S. The van der Waals surface area contributed by atoms with Crippen LogP contribution in [-0.2, 0) is 0 Å². The molecule has 2 heterocycles. The van der Waals surface area contributed by atoms with Crippen molar-refractivity contribution in [3.63, 3.8) is 0 Å². The minimum absolute atomic E-state index is 1.12. The summed E-state index contributed by atoms with van der Waals surface area (Å²) in [5, 5.41) is 10.0. The highest BCUT2D eigenvalue weighted by Crippen LogP contribution is 2.47. The quantitative estimate of drug-likeness (QED) is 0.174. The summed E-state index contributed by atoms with van der Waals surface area (Å²) in [5.74, 6) is 0. The number of fused-ring (bicyclic) bond motifs is 8. The van der Waals surface area contributed by atoms with Crippen LogP contribution in [0.25, 0.3) is 80.3 Å². The van der Waals surface area contributed by atoms with Crippen LogP contribution < -0.4 is 4.90 Å². The van der Waals surface area contributed by atoms with Crippen LogP contribution in [0.3, 0.4) is 0 Å². The maximum absolute atomic E-state index is 2.45. The van der Waals surface area contributed by atoms with E-state index in [-0.39, 0.29) is 0 Å². The number of anilines is 3. The van der Waals surface area contributed by atoms with E-state index < -0.39 is 0 Å². The average Bonchev–Trinajstić information content (AvgIpc) is 3.78. The standard InChI is InChI=1S/C50H32N2S/c1-4-17-39-33(13-1)15-11-24-45(39)51(48-25-12-21-43-42-20-7-10-26-49(42)53-50(43)48)36-29-27-34(28-30-36)44-32-37(31-35-14-2-3-16-38(35)44)52-46-22-8-5-18-40(46)41-19-6-9-23-47(41)52/h1-32H. The highest BCUT2D eigenvalue weighted by molar-refractivity contribution is 7.26. The van der Waals surface area contributed by atoms with Crippen LogP contribution in [-0.4, -0.2) is 4.57 Å². The zero-order chi connectivity index (χ0) is 34.9. The topological polar surface area (TPSA) is 8.17 Å². The van der Waals surface area contributed by atoms with Gasteiger partial charge in [0, 0.05) is 43.0 Å². The normalized spacial score (nSPS) is 11.8. The number of hydrogen-bond donors (Lipinski definition) is 0. The molecule has 2 nitrogen and oxygen atoms in total. The molecule has 53 heavy (non-hydrogen) atoms. The summed E-state index contributed by atoms with van der Waals surface area (Å²) in [7, 11) is 0. The molecule has 0 amide bonds. The molecule has 11 rings (SSSR count). The predicted octanol–water partition coefficient (Wildman–Crippen LogP) is 14.6. The van der Waals surface area contributed by atoms with Crippen LogP contribution in [0.2, 0.25) is 0 Å². The van der Waals surface area contributed by atoms with Gasteiger partial charge >= 0.3 is 0 Å². The van der Waals surface area contributed by atoms with Gasteiger partial charge in [0.1, 0.15) is 0 Å². The lowest BCUT2D eigenvalue weighted by Gasteiger charge is -2.27. The number of benzene rings is 9. The third-order valence-electron chi connectivity index (χ3n) is 10.8. The average molecular weight is 693 g/mol. The molecule has 0 saturated heterocycles. The van der Waals surface area contributed by atoms with E-state index in [1.165, 1.54) is 86.0 Å². The zero-order valence-electron chi connectivity index (χ0n) is 28.8. The molecule has 0 atom stereocenters. The molecule has 0 aliphatic heterocycles. The number of thiophene rings is 1. The van der Waals surface area contributed by atoms with E-state index in [4.69, 9.17) is 0 Å². The van der Waals surface area contributed by atoms with Crippen molar-refractivity contribution in [3.05, 3.63) is 194 Å². The lowest BCUT2D eigenvalue weighted by Crippen LogP contribution is -2.10. The molecule has 9 aromatic carbocycles. The van der Waals surface area contributed by atoms with Crippen LogP contribution in [0.5, 0.6) is 0 Å². The van der Waals surface area contributed by atoms with Crippen LogP contribution >= 0.6 is 11.3 Å². The third kappa shape index (κ3) is 4.71. The highest BCUT2D eigenvalue weighted by Gasteiger charge is 2.20. The largest absolute Gasteiger partial charge is 0.309 e. The summed E-state index contributed by atoms with van der Waals surface area (Å²) in [5.41, 5.74) is 9.47. The number of para-hydroxylation sites is 2. The maximum Gasteiger partial charge on any atom is 0.0640 e. The van der Waals surface area contributed by atoms with E-state index in [2.05, 4.69) is 204 Å². The van der Waals surface area contributed by atoms with Gasteiger partial charge in [0.15, 0.2) is 0 Å². The summed E-state index contributed by atoms with van der Waals surface area (Å²) in [6.45, 7) is 0. The number of rotatable bonds is 5. The summed E-state index contributed by atoms with van der Waals surface area (Å²) >= 11 is 1.87. The van der Waals surface area contributed by atoms with Gasteiger partial charge in [-0.25, -0.2) is 0 Å². The summed E-state index contributed by atoms with van der Waals surface area (Å²) in [6.07, 6.45) is 0. The lowest BCUT2D eigenvalue weighted by molar-refractivity contribution is 1.19. The van der Waals surface area contributed by atoms with Gasteiger partial charge in [-0.2, -0.15) is 0 Å². The van der Waals surface area contributed by atoms with Crippen molar-refractivity contribution >= 4 is 91.9 Å². The minimum Gasteiger partial charge on any atom is -0.309 e. The molecule has 0 fully saturated rings. The number of hydrogen-bond acceptors (Lipinski definition) is 2. The van der Waals surface area contributed by atoms with Gasteiger partial charge in [0.05, 0.1) is 27.1 Å². The van der Waals surface area contributed by atoms with E-state index in [0.29, 0.717) is 0 Å². The number of nitrogens with zero attached hydrogens (tertiary/aromatic N) is 2. The fourth-order valence-electron chi connectivity index (χ4n) is 8.37.